The highest BCUT2D eigenvalue weighted by Crippen LogP contribution is 2.45. The summed E-state index contributed by atoms with van der Waals surface area (Å²) in [7, 11) is 0. The van der Waals surface area contributed by atoms with Crippen molar-refractivity contribution in [1.82, 2.24) is 0 Å². The number of benzene rings is 4. The molecule has 4 aromatic carbocycles. The van der Waals surface area contributed by atoms with Crippen molar-refractivity contribution in [2.45, 2.75) is 18.9 Å². The number of rotatable bonds is 4. The zero-order chi connectivity index (χ0) is 20.5. The second-order valence-corrected chi connectivity index (χ2v) is 8.34. The Balaban J connectivity index is 1.58. The van der Waals surface area contributed by atoms with Gasteiger partial charge >= 0.3 is 0 Å². The summed E-state index contributed by atoms with van der Waals surface area (Å²) in [5.41, 5.74) is 4.15. The molecule has 0 spiro atoms. The Bertz CT molecular complexity index is 1240. The number of halogens is 1. The summed E-state index contributed by atoms with van der Waals surface area (Å²) in [6, 6.07) is 28.4. The van der Waals surface area contributed by atoms with Crippen LogP contribution in [0.25, 0.3) is 10.8 Å². The van der Waals surface area contributed by atoms with Gasteiger partial charge in [-0.15, -0.1) is 0 Å². The molecular formula is C26H20BrNO2. The molecule has 4 aromatic rings. The molecule has 1 heterocycles. The average molecular weight is 458 g/mol. The van der Waals surface area contributed by atoms with Gasteiger partial charge in [-0.05, 0) is 28.6 Å². The molecular weight excluding hydrogens is 438 g/mol. The van der Waals surface area contributed by atoms with E-state index in [-0.39, 0.29) is 11.8 Å². The van der Waals surface area contributed by atoms with Crippen LogP contribution in [0.15, 0.2) is 89.4 Å². The first-order valence-corrected chi connectivity index (χ1v) is 10.8. The van der Waals surface area contributed by atoms with Crippen molar-refractivity contribution in [1.29, 1.82) is 0 Å². The van der Waals surface area contributed by atoms with Crippen LogP contribution in [0.5, 0.6) is 5.75 Å². The third-order valence-electron chi connectivity index (χ3n) is 5.59. The van der Waals surface area contributed by atoms with Crippen LogP contribution in [-0.4, -0.2) is 5.91 Å². The number of fused-ring (bicyclic) bond motifs is 3. The topological polar surface area (TPSA) is 38.3 Å². The molecule has 3 nitrogen and oxygen atoms in total. The maximum absolute atomic E-state index is 12.7. The molecule has 4 heteroatoms. The summed E-state index contributed by atoms with van der Waals surface area (Å²) in [5.74, 6) is 0.774. The molecule has 5 rings (SSSR count). The van der Waals surface area contributed by atoms with Crippen LogP contribution >= 0.6 is 15.9 Å². The van der Waals surface area contributed by atoms with Crippen LogP contribution in [0, 0.1) is 0 Å². The molecule has 148 valence electrons. The molecule has 1 N–H and O–H groups in total. The quantitative estimate of drug-likeness (QED) is 0.372. The molecule has 0 bridgehead atoms. The third-order valence-corrected chi connectivity index (χ3v) is 6.24. The maximum Gasteiger partial charge on any atom is 0.225 e. The van der Waals surface area contributed by atoms with Gasteiger partial charge in [-0.25, -0.2) is 0 Å². The number of amides is 1. The molecule has 1 aliphatic heterocycles. The Kier molecular flexibility index (Phi) is 5.01. The number of ether oxygens (including phenoxy) is 1. The van der Waals surface area contributed by atoms with Gasteiger partial charge in [0.05, 0.1) is 5.69 Å². The van der Waals surface area contributed by atoms with E-state index in [1.165, 1.54) is 0 Å². The number of hydrogen-bond acceptors (Lipinski definition) is 2. The van der Waals surface area contributed by atoms with Crippen molar-refractivity contribution in [2.24, 2.45) is 0 Å². The van der Waals surface area contributed by atoms with Gasteiger partial charge in [0.15, 0.2) is 0 Å². The third kappa shape index (κ3) is 3.48. The fraction of sp³-hybridized carbons (Fsp3) is 0.115. The summed E-state index contributed by atoms with van der Waals surface area (Å²) < 4.78 is 7.23. The van der Waals surface area contributed by atoms with Gasteiger partial charge in [0.25, 0.3) is 0 Å². The van der Waals surface area contributed by atoms with Crippen molar-refractivity contribution < 1.29 is 9.53 Å². The van der Waals surface area contributed by atoms with Gasteiger partial charge in [0.1, 0.15) is 12.4 Å². The van der Waals surface area contributed by atoms with E-state index in [2.05, 4.69) is 57.6 Å². The summed E-state index contributed by atoms with van der Waals surface area (Å²) in [4.78, 5) is 12.7. The van der Waals surface area contributed by atoms with Crippen molar-refractivity contribution in [3.8, 4) is 5.75 Å². The van der Waals surface area contributed by atoms with Crippen LogP contribution < -0.4 is 10.1 Å². The summed E-state index contributed by atoms with van der Waals surface area (Å²) >= 11 is 3.73. The van der Waals surface area contributed by atoms with Crippen LogP contribution in [0.3, 0.4) is 0 Å². The lowest BCUT2D eigenvalue weighted by molar-refractivity contribution is -0.116. The Morgan fingerprint density at radius 2 is 1.57 bits per heavy atom. The largest absolute Gasteiger partial charge is 0.489 e. The van der Waals surface area contributed by atoms with Crippen LogP contribution in [0.2, 0.25) is 0 Å². The molecule has 0 saturated heterocycles. The second kappa shape index (κ2) is 7.96. The first kappa shape index (κ1) is 18.9. The second-order valence-electron chi connectivity index (χ2n) is 7.49. The summed E-state index contributed by atoms with van der Waals surface area (Å²) in [6.07, 6.45) is 0.392. The number of carbonyl (C=O) groups excluding carboxylic acids is 1. The highest BCUT2D eigenvalue weighted by Gasteiger charge is 2.30. The molecule has 1 atom stereocenters. The molecule has 0 fully saturated rings. The van der Waals surface area contributed by atoms with Crippen molar-refractivity contribution in [3.63, 3.8) is 0 Å². The number of nitrogens with one attached hydrogen (secondary N) is 1. The molecule has 0 aromatic heterocycles. The van der Waals surface area contributed by atoms with Gasteiger partial charge in [-0.3, -0.25) is 4.79 Å². The van der Waals surface area contributed by atoms with Gasteiger partial charge in [-0.2, -0.15) is 0 Å². The lowest BCUT2D eigenvalue weighted by atomic mass is 9.83. The van der Waals surface area contributed by atoms with E-state index >= 15 is 0 Å². The van der Waals surface area contributed by atoms with E-state index < -0.39 is 0 Å². The normalized spacial score (nSPS) is 15.5. The lowest BCUT2D eigenvalue weighted by Crippen LogP contribution is -2.24. The number of anilines is 1. The Morgan fingerprint density at radius 1 is 0.867 bits per heavy atom. The average Bonchev–Trinajstić information content (AvgIpc) is 2.79. The number of carbonyl (C=O) groups is 1. The monoisotopic (exact) mass is 457 g/mol. The zero-order valence-electron chi connectivity index (χ0n) is 16.3. The number of para-hydroxylation sites is 1. The molecule has 0 radical (unpaired) electrons. The van der Waals surface area contributed by atoms with Gasteiger partial charge in [-0.1, -0.05) is 88.7 Å². The van der Waals surface area contributed by atoms with E-state index in [1.54, 1.807) is 0 Å². The fourth-order valence-electron chi connectivity index (χ4n) is 4.16. The van der Waals surface area contributed by atoms with Crippen LogP contribution in [0.4, 0.5) is 5.69 Å². The predicted molar refractivity (Wildman–Crippen MR) is 124 cm³/mol. The van der Waals surface area contributed by atoms with Crippen molar-refractivity contribution >= 4 is 38.3 Å². The fourth-order valence-corrected chi connectivity index (χ4v) is 4.76. The lowest BCUT2D eigenvalue weighted by Gasteiger charge is -2.29. The van der Waals surface area contributed by atoms with Gasteiger partial charge < -0.3 is 10.1 Å². The zero-order valence-corrected chi connectivity index (χ0v) is 17.9. The molecule has 30 heavy (non-hydrogen) atoms. The SMILES string of the molecule is O=C1C[C@@H](c2ccccc2OCc2ccccc2)c2cc(Br)c3ccccc3c2N1. The first-order valence-electron chi connectivity index (χ1n) is 9.97. The standard InChI is InChI=1S/C26H20BrNO2/c27-23-14-22-21(15-25(29)28-26(22)20-12-5-4-10-18(20)23)19-11-6-7-13-24(19)30-16-17-8-2-1-3-9-17/h1-14,21H,15-16H2,(H,28,29)/t21-/m0/s1. The molecule has 0 aliphatic carbocycles. The van der Waals surface area contributed by atoms with Crippen molar-refractivity contribution in [2.75, 3.05) is 5.32 Å². The van der Waals surface area contributed by atoms with Crippen LogP contribution in [0.1, 0.15) is 29.0 Å². The van der Waals surface area contributed by atoms with Crippen molar-refractivity contribution in [3.05, 3.63) is 106 Å². The van der Waals surface area contributed by atoms with Crippen LogP contribution in [-0.2, 0) is 11.4 Å². The minimum Gasteiger partial charge on any atom is -0.489 e. The maximum atomic E-state index is 12.7. The van der Waals surface area contributed by atoms with E-state index in [0.717, 1.165) is 43.4 Å². The first-order chi connectivity index (χ1) is 14.7. The minimum absolute atomic E-state index is 0.0258. The smallest absolute Gasteiger partial charge is 0.225 e. The Hall–Kier alpha value is -3.11. The molecule has 0 saturated carbocycles. The minimum atomic E-state index is -0.0679. The van der Waals surface area contributed by atoms with E-state index in [9.17, 15) is 4.79 Å². The molecule has 1 amide bonds. The molecule has 0 unspecified atom stereocenters. The Labute approximate surface area is 183 Å². The van der Waals surface area contributed by atoms with E-state index in [1.807, 2.05) is 48.5 Å². The summed E-state index contributed by atoms with van der Waals surface area (Å²) in [6.45, 7) is 0.491. The molecule has 1 aliphatic rings. The van der Waals surface area contributed by atoms with Gasteiger partial charge in [0.2, 0.25) is 5.91 Å². The van der Waals surface area contributed by atoms with E-state index in [4.69, 9.17) is 4.74 Å². The van der Waals surface area contributed by atoms with Gasteiger partial charge in [0, 0.05) is 27.8 Å². The highest BCUT2D eigenvalue weighted by atomic mass is 79.9. The highest BCUT2D eigenvalue weighted by molar-refractivity contribution is 9.10. The number of hydrogen-bond donors (Lipinski definition) is 1. The predicted octanol–water partition coefficient (Wildman–Crippen LogP) is 6.66. The van der Waals surface area contributed by atoms with E-state index in [0.29, 0.717) is 13.0 Å². The Morgan fingerprint density at radius 3 is 2.40 bits per heavy atom. The summed E-state index contributed by atoms with van der Waals surface area (Å²) in [5, 5.41) is 5.24.